The largest absolute Gasteiger partial charge is 0.497 e. The number of hydrogen-bond donors (Lipinski definition) is 0. The molecule has 0 saturated heterocycles. The number of benzene rings is 3. The van der Waals surface area contributed by atoms with Crippen molar-refractivity contribution in [2.45, 2.75) is 26.3 Å². The van der Waals surface area contributed by atoms with Crippen LogP contribution in [0, 0.1) is 13.8 Å². The van der Waals surface area contributed by atoms with E-state index in [2.05, 4.69) is 26.0 Å². The first-order valence-electron chi connectivity index (χ1n) is 12.1. The molecule has 1 atom stereocenters. The molecule has 0 spiro atoms. The molecule has 8 heteroatoms. The second-order valence-corrected chi connectivity index (χ2v) is 9.31. The Bertz CT molecular complexity index is 1380. The molecule has 0 aliphatic carbocycles. The Balaban J connectivity index is 1.41. The third-order valence-corrected chi connectivity index (χ3v) is 6.84. The lowest BCUT2D eigenvalue weighted by Gasteiger charge is -2.25. The Kier molecular flexibility index (Phi) is 6.56. The summed E-state index contributed by atoms with van der Waals surface area (Å²) < 4.78 is 16.2. The number of amides is 2. The Morgan fingerprint density at radius 2 is 1.76 bits per heavy atom. The fourth-order valence-electron chi connectivity index (χ4n) is 4.52. The van der Waals surface area contributed by atoms with Gasteiger partial charge in [-0.05, 0) is 78.6 Å². The van der Waals surface area contributed by atoms with Crippen molar-refractivity contribution < 1.29 is 23.8 Å². The van der Waals surface area contributed by atoms with Crippen LogP contribution in [0.2, 0.25) is 0 Å². The van der Waals surface area contributed by atoms with Gasteiger partial charge in [-0.25, -0.2) is 5.01 Å². The molecule has 2 heterocycles. The molecular formula is C29H29N3O5. The normalized spacial score (nSPS) is 15.9. The van der Waals surface area contributed by atoms with Crippen molar-refractivity contribution in [3.63, 3.8) is 0 Å². The van der Waals surface area contributed by atoms with Gasteiger partial charge in [-0.3, -0.25) is 9.59 Å². The average molecular weight is 500 g/mol. The molecule has 0 bridgehead atoms. The van der Waals surface area contributed by atoms with Gasteiger partial charge in [0.05, 0.1) is 18.9 Å². The number of hydrazone groups is 1. The second kappa shape index (κ2) is 9.97. The summed E-state index contributed by atoms with van der Waals surface area (Å²) in [7, 11) is 3.19. The highest BCUT2D eigenvalue weighted by Crippen LogP contribution is 2.39. The Morgan fingerprint density at radius 3 is 2.49 bits per heavy atom. The van der Waals surface area contributed by atoms with Crippen LogP contribution in [0.4, 0.5) is 0 Å². The van der Waals surface area contributed by atoms with Crippen molar-refractivity contribution in [2.75, 3.05) is 27.5 Å². The zero-order chi connectivity index (χ0) is 26.1. The van der Waals surface area contributed by atoms with E-state index in [-0.39, 0.29) is 31.2 Å². The van der Waals surface area contributed by atoms with E-state index >= 15 is 0 Å². The first-order chi connectivity index (χ1) is 17.8. The van der Waals surface area contributed by atoms with Crippen LogP contribution in [-0.4, -0.2) is 54.9 Å². The summed E-state index contributed by atoms with van der Waals surface area (Å²) >= 11 is 0. The fourth-order valence-corrected chi connectivity index (χ4v) is 4.52. The van der Waals surface area contributed by atoms with Gasteiger partial charge in [0.1, 0.15) is 12.3 Å². The van der Waals surface area contributed by atoms with Crippen LogP contribution >= 0.6 is 0 Å². The van der Waals surface area contributed by atoms with E-state index in [1.807, 2.05) is 24.3 Å². The van der Waals surface area contributed by atoms with Crippen LogP contribution in [0.1, 0.15) is 45.1 Å². The predicted octanol–water partition coefficient (Wildman–Crippen LogP) is 4.49. The summed E-state index contributed by atoms with van der Waals surface area (Å²) in [5, 5.41) is 6.26. The van der Waals surface area contributed by atoms with Gasteiger partial charge >= 0.3 is 0 Å². The standard InChI is InChI=1S/C29H29N3O5/c1-18-5-6-21(13-19(18)2)24-15-25(22-9-12-26-27(14-22)37-17-36-26)32(30-24)28(33)16-31(3)29(34)20-7-10-23(35-4)11-8-20/h5-14,25H,15-17H2,1-4H3/t25-/m0/s1. The molecule has 8 nitrogen and oxygen atoms in total. The predicted molar refractivity (Wildman–Crippen MR) is 139 cm³/mol. The van der Waals surface area contributed by atoms with Gasteiger partial charge in [0.15, 0.2) is 11.5 Å². The fraction of sp³-hybridized carbons (Fsp3) is 0.276. The van der Waals surface area contributed by atoms with Crippen LogP contribution in [-0.2, 0) is 4.79 Å². The highest BCUT2D eigenvalue weighted by molar-refractivity contribution is 6.04. The summed E-state index contributed by atoms with van der Waals surface area (Å²) in [5.74, 6) is 1.46. The smallest absolute Gasteiger partial charge is 0.262 e. The number of carbonyl (C=O) groups excluding carboxylic acids is 2. The van der Waals surface area contributed by atoms with Crippen molar-refractivity contribution in [1.29, 1.82) is 0 Å². The second-order valence-electron chi connectivity index (χ2n) is 9.31. The van der Waals surface area contributed by atoms with E-state index in [9.17, 15) is 9.59 Å². The van der Waals surface area contributed by atoms with Crippen LogP contribution in [0.3, 0.4) is 0 Å². The maximum absolute atomic E-state index is 13.6. The Morgan fingerprint density at radius 1 is 1.00 bits per heavy atom. The highest BCUT2D eigenvalue weighted by Gasteiger charge is 2.35. The van der Waals surface area contributed by atoms with E-state index in [1.165, 1.54) is 15.5 Å². The van der Waals surface area contributed by atoms with Crippen LogP contribution in [0.25, 0.3) is 0 Å². The molecule has 2 amide bonds. The summed E-state index contributed by atoms with van der Waals surface area (Å²) in [5.41, 5.74) is 5.53. The molecule has 37 heavy (non-hydrogen) atoms. The number of aryl methyl sites for hydroxylation is 2. The number of nitrogens with zero attached hydrogens (tertiary/aromatic N) is 3. The minimum absolute atomic E-state index is 0.115. The molecular weight excluding hydrogens is 470 g/mol. The lowest BCUT2D eigenvalue weighted by Crippen LogP contribution is -2.39. The lowest BCUT2D eigenvalue weighted by molar-refractivity contribution is -0.133. The molecule has 0 saturated carbocycles. The van der Waals surface area contributed by atoms with Crippen LogP contribution in [0.5, 0.6) is 17.2 Å². The number of carbonyl (C=O) groups is 2. The highest BCUT2D eigenvalue weighted by atomic mass is 16.7. The van der Waals surface area contributed by atoms with Gasteiger partial charge in [-0.1, -0.05) is 18.2 Å². The van der Waals surface area contributed by atoms with E-state index < -0.39 is 0 Å². The molecule has 0 unspecified atom stereocenters. The Labute approximate surface area is 216 Å². The molecule has 2 aliphatic heterocycles. The molecule has 0 fully saturated rings. The van der Waals surface area contributed by atoms with E-state index in [1.54, 1.807) is 38.4 Å². The molecule has 190 valence electrons. The minimum Gasteiger partial charge on any atom is -0.497 e. The van der Waals surface area contributed by atoms with Crippen LogP contribution < -0.4 is 14.2 Å². The molecule has 3 aromatic carbocycles. The maximum atomic E-state index is 13.6. The maximum Gasteiger partial charge on any atom is 0.262 e. The van der Waals surface area contributed by atoms with Crippen molar-refractivity contribution >= 4 is 17.5 Å². The summed E-state index contributed by atoms with van der Waals surface area (Å²) in [6.07, 6.45) is 0.546. The monoisotopic (exact) mass is 499 g/mol. The molecule has 3 aromatic rings. The number of rotatable bonds is 6. The molecule has 0 radical (unpaired) electrons. The number of ether oxygens (including phenoxy) is 3. The SMILES string of the molecule is COc1ccc(C(=O)N(C)CC(=O)N2N=C(c3ccc(C)c(C)c3)C[C@H]2c2ccc3c(c2)OCO3)cc1. The van der Waals surface area contributed by atoms with Gasteiger partial charge in [0.25, 0.3) is 11.8 Å². The van der Waals surface area contributed by atoms with Gasteiger partial charge in [0, 0.05) is 19.0 Å². The van der Waals surface area contributed by atoms with Crippen LogP contribution in [0.15, 0.2) is 65.8 Å². The number of likely N-dealkylation sites (N-methyl/N-ethyl adjacent to an activating group) is 1. The van der Waals surface area contributed by atoms with Gasteiger partial charge in [-0.2, -0.15) is 5.10 Å². The number of fused-ring (bicyclic) bond motifs is 1. The minimum atomic E-state index is -0.330. The first kappa shape index (κ1) is 24.4. The molecule has 0 aromatic heterocycles. The van der Waals surface area contributed by atoms with E-state index in [0.717, 1.165) is 22.4 Å². The number of hydrogen-bond acceptors (Lipinski definition) is 6. The summed E-state index contributed by atoms with van der Waals surface area (Å²) in [4.78, 5) is 27.9. The molecule has 2 aliphatic rings. The summed E-state index contributed by atoms with van der Waals surface area (Å²) in [6, 6.07) is 18.4. The van der Waals surface area contributed by atoms with Crippen molar-refractivity contribution in [3.8, 4) is 17.2 Å². The third kappa shape index (κ3) is 4.87. The zero-order valence-electron chi connectivity index (χ0n) is 21.4. The first-order valence-corrected chi connectivity index (χ1v) is 12.1. The third-order valence-electron chi connectivity index (χ3n) is 6.84. The molecule has 5 rings (SSSR count). The van der Waals surface area contributed by atoms with E-state index in [4.69, 9.17) is 19.3 Å². The van der Waals surface area contributed by atoms with Crippen molar-refractivity contribution in [1.82, 2.24) is 9.91 Å². The van der Waals surface area contributed by atoms with Gasteiger partial charge < -0.3 is 19.1 Å². The average Bonchev–Trinajstić information content (AvgIpc) is 3.57. The van der Waals surface area contributed by atoms with Crippen molar-refractivity contribution in [3.05, 3.63) is 88.5 Å². The van der Waals surface area contributed by atoms with Gasteiger partial charge in [-0.15, -0.1) is 0 Å². The number of methoxy groups -OCH3 is 1. The van der Waals surface area contributed by atoms with E-state index in [0.29, 0.717) is 29.2 Å². The molecule has 0 N–H and O–H groups in total. The van der Waals surface area contributed by atoms with Crippen molar-refractivity contribution in [2.24, 2.45) is 5.10 Å². The topological polar surface area (TPSA) is 80.7 Å². The lowest BCUT2D eigenvalue weighted by atomic mass is 9.96. The summed E-state index contributed by atoms with van der Waals surface area (Å²) in [6.45, 7) is 4.19. The quantitative estimate of drug-likeness (QED) is 0.499. The Hall–Kier alpha value is -4.33. The zero-order valence-corrected chi connectivity index (χ0v) is 21.4. The van der Waals surface area contributed by atoms with Gasteiger partial charge in [0.2, 0.25) is 6.79 Å².